The lowest BCUT2D eigenvalue weighted by Gasteiger charge is -2.27. The zero-order valence-corrected chi connectivity index (χ0v) is 11.1. The second-order valence-corrected chi connectivity index (χ2v) is 4.93. The molecule has 1 aliphatic heterocycles. The molecule has 1 amide bonds. The van der Waals surface area contributed by atoms with Gasteiger partial charge in [0.1, 0.15) is 0 Å². The summed E-state index contributed by atoms with van der Waals surface area (Å²) in [5.41, 5.74) is 2.49. The number of nitrogens with zero attached hydrogens (tertiary/aromatic N) is 1. The van der Waals surface area contributed by atoms with E-state index in [4.69, 9.17) is 16.8 Å². The van der Waals surface area contributed by atoms with E-state index in [2.05, 4.69) is 10.5 Å². The molecule has 0 radical (unpaired) electrons. The predicted molar refractivity (Wildman–Crippen MR) is 76.2 cm³/mol. The number of hydrogen-bond acceptors (Lipinski definition) is 3. The van der Waals surface area contributed by atoms with Crippen LogP contribution in [0.4, 0.5) is 0 Å². The summed E-state index contributed by atoms with van der Waals surface area (Å²) in [6.07, 6.45) is 0. The van der Waals surface area contributed by atoms with E-state index in [9.17, 15) is 4.79 Å². The molecule has 0 fully saturated rings. The number of carbonyl (C=O) groups excluding carboxylic acids is 1. The van der Waals surface area contributed by atoms with E-state index >= 15 is 0 Å². The molecule has 0 aromatic heterocycles. The van der Waals surface area contributed by atoms with Gasteiger partial charge in [0.25, 0.3) is 5.91 Å². The lowest BCUT2D eigenvalue weighted by molar-refractivity contribution is -0.115. The second kappa shape index (κ2) is 4.98. The molecule has 0 saturated carbocycles. The first-order valence-corrected chi connectivity index (χ1v) is 6.46. The molecule has 3 rings (SSSR count). The van der Waals surface area contributed by atoms with Gasteiger partial charge < -0.3 is 10.5 Å². The van der Waals surface area contributed by atoms with Gasteiger partial charge in [0.15, 0.2) is 5.71 Å². The van der Waals surface area contributed by atoms with Crippen molar-refractivity contribution < 1.29 is 10.0 Å². The maximum Gasteiger partial charge on any atom is 0.274 e. The molecule has 0 spiro atoms. The molecular formula is C15H11ClN2O2. The number of amides is 1. The van der Waals surface area contributed by atoms with Crippen molar-refractivity contribution in [2.45, 2.75) is 6.04 Å². The van der Waals surface area contributed by atoms with Crippen molar-refractivity contribution in [2.24, 2.45) is 5.16 Å². The van der Waals surface area contributed by atoms with Gasteiger partial charge in [0.2, 0.25) is 0 Å². The molecular weight excluding hydrogens is 276 g/mol. The van der Waals surface area contributed by atoms with E-state index in [1.807, 2.05) is 30.3 Å². The quantitative estimate of drug-likeness (QED) is 0.625. The van der Waals surface area contributed by atoms with Crippen molar-refractivity contribution in [1.82, 2.24) is 5.32 Å². The number of benzene rings is 2. The van der Waals surface area contributed by atoms with Gasteiger partial charge >= 0.3 is 0 Å². The second-order valence-electron chi connectivity index (χ2n) is 4.49. The van der Waals surface area contributed by atoms with Crippen LogP contribution in [0.5, 0.6) is 0 Å². The highest BCUT2D eigenvalue weighted by atomic mass is 35.5. The van der Waals surface area contributed by atoms with Crippen molar-refractivity contribution in [3.63, 3.8) is 0 Å². The van der Waals surface area contributed by atoms with Crippen LogP contribution in [0.25, 0.3) is 0 Å². The number of halogens is 1. The number of carbonyl (C=O) groups is 1. The normalized spacial score (nSPS) is 19.6. The summed E-state index contributed by atoms with van der Waals surface area (Å²) in [4.78, 5) is 12.0. The number of nitrogens with one attached hydrogen (secondary N) is 1. The van der Waals surface area contributed by atoms with Gasteiger partial charge in [0, 0.05) is 10.6 Å². The largest absolute Gasteiger partial charge is 0.410 e. The molecule has 1 aliphatic rings. The molecule has 0 saturated heterocycles. The maximum absolute atomic E-state index is 12.0. The Hall–Kier alpha value is -2.33. The first-order valence-electron chi connectivity index (χ1n) is 6.08. The fourth-order valence-electron chi connectivity index (χ4n) is 2.38. The molecule has 20 heavy (non-hydrogen) atoms. The highest BCUT2D eigenvalue weighted by molar-refractivity contribution is 6.46. The van der Waals surface area contributed by atoms with E-state index in [1.165, 1.54) is 0 Å². The van der Waals surface area contributed by atoms with Crippen molar-refractivity contribution in [1.29, 1.82) is 0 Å². The van der Waals surface area contributed by atoms with Gasteiger partial charge in [-0.05, 0) is 23.3 Å². The number of rotatable bonds is 1. The fraction of sp³-hybridized carbons (Fsp3) is 0.0667. The van der Waals surface area contributed by atoms with Crippen LogP contribution in [0, 0.1) is 0 Å². The molecule has 2 aromatic rings. The SMILES string of the molecule is O=C1NC(c2ccc(Cl)cc2)c2ccccc2/C1=N/O. The first kappa shape index (κ1) is 12.7. The Labute approximate surface area is 120 Å². The van der Waals surface area contributed by atoms with E-state index in [1.54, 1.807) is 18.2 Å². The minimum atomic E-state index is -0.397. The summed E-state index contributed by atoms with van der Waals surface area (Å²) in [7, 11) is 0. The lowest BCUT2D eigenvalue weighted by Crippen LogP contribution is -2.41. The summed E-state index contributed by atoms with van der Waals surface area (Å²) in [6.45, 7) is 0. The summed E-state index contributed by atoms with van der Waals surface area (Å²) in [5, 5.41) is 15.6. The third-order valence-corrected chi connectivity index (χ3v) is 3.57. The standard InChI is InChI=1S/C15H11ClN2O2/c16-10-7-5-9(6-8-10)13-11-3-1-2-4-12(11)14(18-20)15(19)17-13/h1-8,13,20H,(H,17,19)/b18-14-. The van der Waals surface area contributed by atoms with Crippen molar-refractivity contribution in [2.75, 3.05) is 0 Å². The van der Waals surface area contributed by atoms with Crippen LogP contribution in [0.3, 0.4) is 0 Å². The molecule has 1 unspecified atom stereocenters. The molecule has 0 aliphatic carbocycles. The topological polar surface area (TPSA) is 61.7 Å². The van der Waals surface area contributed by atoms with Crippen molar-refractivity contribution >= 4 is 23.2 Å². The molecule has 1 atom stereocenters. The Morgan fingerprint density at radius 3 is 2.50 bits per heavy atom. The van der Waals surface area contributed by atoms with Gasteiger partial charge in [-0.15, -0.1) is 0 Å². The van der Waals surface area contributed by atoms with Crippen LogP contribution in [-0.4, -0.2) is 16.8 Å². The average Bonchev–Trinajstić information content (AvgIpc) is 2.47. The van der Waals surface area contributed by atoms with Crippen molar-refractivity contribution in [3.05, 3.63) is 70.2 Å². The smallest absolute Gasteiger partial charge is 0.274 e. The Balaban J connectivity index is 2.14. The van der Waals surface area contributed by atoms with Crippen LogP contribution in [0.15, 0.2) is 53.7 Å². The Morgan fingerprint density at radius 1 is 1.10 bits per heavy atom. The number of fused-ring (bicyclic) bond motifs is 1. The zero-order valence-electron chi connectivity index (χ0n) is 10.4. The summed E-state index contributed by atoms with van der Waals surface area (Å²) >= 11 is 5.89. The van der Waals surface area contributed by atoms with Crippen LogP contribution in [0.2, 0.25) is 5.02 Å². The molecule has 1 heterocycles. The third kappa shape index (κ3) is 2.04. The van der Waals surface area contributed by atoms with Crippen LogP contribution >= 0.6 is 11.6 Å². The van der Waals surface area contributed by atoms with Gasteiger partial charge in [-0.3, -0.25) is 4.79 Å². The highest BCUT2D eigenvalue weighted by Crippen LogP contribution is 2.29. The van der Waals surface area contributed by atoms with E-state index in [-0.39, 0.29) is 11.8 Å². The zero-order chi connectivity index (χ0) is 14.1. The Kier molecular flexibility index (Phi) is 3.16. The van der Waals surface area contributed by atoms with E-state index in [0.717, 1.165) is 11.1 Å². The average molecular weight is 287 g/mol. The van der Waals surface area contributed by atoms with Crippen LogP contribution in [-0.2, 0) is 4.79 Å². The summed E-state index contributed by atoms with van der Waals surface area (Å²) < 4.78 is 0. The van der Waals surface area contributed by atoms with E-state index < -0.39 is 5.91 Å². The van der Waals surface area contributed by atoms with Gasteiger partial charge in [-0.25, -0.2) is 0 Å². The fourth-order valence-corrected chi connectivity index (χ4v) is 2.51. The molecule has 0 bridgehead atoms. The highest BCUT2D eigenvalue weighted by Gasteiger charge is 2.30. The van der Waals surface area contributed by atoms with Crippen LogP contribution < -0.4 is 5.32 Å². The molecule has 5 heteroatoms. The van der Waals surface area contributed by atoms with E-state index in [0.29, 0.717) is 10.6 Å². The van der Waals surface area contributed by atoms with Gasteiger partial charge in [-0.2, -0.15) is 0 Å². The Morgan fingerprint density at radius 2 is 1.80 bits per heavy atom. The lowest BCUT2D eigenvalue weighted by atomic mass is 9.88. The number of oxime groups is 1. The molecule has 2 N–H and O–H groups in total. The summed E-state index contributed by atoms with van der Waals surface area (Å²) in [5.74, 6) is -0.397. The maximum atomic E-state index is 12.0. The molecule has 2 aromatic carbocycles. The minimum Gasteiger partial charge on any atom is -0.410 e. The third-order valence-electron chi connectivity index (χ3n) is 3.32. The monoisotopic (exact) mass is 286 g/mol. The molecule has 4 nitrogen and oxygen atoms in total. The van der Waals surface area contributed by atoms with Gasteiger partial charge in [0.05, 0.1) is 6.04 Å². The first-order chi connectivity index (χ1) is 9.70. The van der Waals surface area contributed by atoms with Crippen LogP contribution in [0.1, 0.15) is 22.7 Å². The predicted octanol–water partition coefficient (Wildman–Crippen LogP) is 2.74. The molecule has 100 valence electrons. The van der Waals surface area contributed by atoms with Crippen molar-refractivity contribution in [3.8, 4) is 0 Å². The summed E-state index contributed by atoms with van der Waals surface area (Å²) in [6, 6.07) is 14.4. The van der Waals surface area contributed by atoms with Gasteiger partial charge in [-0.1, -0.05) is 53.2 Å². The minimum absolute atomic E-state index is 0.0332. The Bertz CT molecular complexity index is 695. The number of hydrogen-bond donors (Lipinski definition) is 2.